The van der Waals surface area contributed by atoms with Gasteiger partial charge in [0.1, 0.15) is 16.8 Å². The maximum atomic E-state index is 10.6. The third kappa shape index (κ3) is 1.68. The fraction of sp³-hybridized carbons (Fsp3) is 0.556. The molecular formula is C9H11BrN2O2. The molecule has 0 atom stereocenters. The van der Waals surface area contributed by atoms with E-state index >= 15 is 0 Å². The van der Waals surface area contributed by atoms with Crippen LogP contribution < -0.4 is 0 Å². The van der Waals surface area contributed by atoms with Gasteiger partial charge < -0.3 is 9.67 Å². The minimum absolute atomic E-state index is 0.00208. The van der Waals surface area contributed by atoms with E-state index in [4.69, 9.17) is 5.11 Å². The van der Waals surface area contributed by atoms with Crippen molar-refractivity contribution in [2.75, 3.05) is 0 Å². The SMILES string of the molecule is O=C(O)Cc1ncc(Br)n1C1CCC1. The number of carboxylic acids is 1. The van der Waals surface area contributed by atoms with Gasteiger partial charge in [-0.05, 0) is 35.2 Å². The van der Waals surface area contributed by atoms with E-state index in [1.165, 1.54) is 6.42 Å². The Morgan fingerprint density at radius 2 is 2.43 bits per heavy atom. The second-order valence-electron chi connectivity index (χ2n) is 3.52. The van der Waals surface area contributed by atoms with Crippen LogP contribution >= 0.6 is 15.9 Å². The molecule has 1 aliphatic rings. The van der Waals surface area contributed by atoms with Crippen molar-refractivity contribution in [3.8, 4) is 0 Å². The van der Waals surface area contributed by atoms with Crippen molar-refractivity contribution in [3.05, 3.63) is 16.6 Å². The van der Waals surface area contributed by atoms with Crippen molar-refractivity contribution in [2.24, 2.45) is 0 Å². The average Bonchev–Trinajstić information content (AvgIpc) is 2.32. The van der Waals surface area contributed by atoms with Crippen molar-refractivity contribution in [2.45, 2.75) is 31.7 Å². The Bertz CT molecular complexity index is 358. The average molecular weight is 259 g/mol. The lowest BCUT2D eigenvalue weighted by atomic mass is 9.93. The van der Waals surface area contributed by atoms with Crippen molar-refractivity contribution in [1.29, 1.82) is 0 Å². The van der Waals surface area contributed by atoms with E-state index in [-0.39, 0.29) is 6.42 Å². The molecule has 1 saturated carbocycles. The topological polar surface area (TPSA) is 55.1 Å². The number of carboxylic acid groups (broad SMARTS) is 1. The molecule has 1 N–H and O–H groups in total. The molecular weight excluding hydrogens is 248 g/mol. The lowest BCUT2D eigenvalue weighted by Crippen LogP contribution is -2.20. The van der Waals surface area contributed by atoms with Crippen LogP contribution in [-0.2, 0) is 11.2 Å². The van der Waals surface area contributed by atoms with E-state index in [2.05, 4.69) is 20.9 Å². The van der Waals surface area contributed by atoms with Crippen molar-refractivity contribution >= 4 is 21.9 Å². The van der Waals surface area contributed by atoms with E-state index in [0.29, 0.717) is 11.9 Å². The zero-order valence-electron chi connectivity index (χ0n) is 7.61. The van der Waals surface area contributed by atoms with Gasteiger partial charge >= 0.3 is 5.97 Å². The van der Waals surface area contributed by atoms with E-state index in [9.17, 15) is 4.79 Å². The Morgan fingerprint density at radius 1 is 1.71 bits per heavy atom. The van der Waals surface area contributed by atoms with Crippen molar-refractivity contribution in [3.63, 3.8) is 0 Å². The molecule has 2 rings (SSSR count). The summed E-state index contributed by atoms with van der Waals surface area (Å²) in [4.78, 5) is 14.7. The predicted octanol–water partition coefficient (Wildman–Crippen LogP) is 2.00. The highest BCUT2D eigenvalue weighted by atomic mass is 79.9. The third-order valence-electron chi connectivity index (χ3n) is 2.58. The summed E-state index contributed by atoms with van der Waals surface area (Å²) in [6.07, 6.45) is 5.16. The second kappa shape index (κ2) is 3.73. The Morgan fingerprint density at radius 3 is 2.93 bits per heavy atom. The van der Waals surface area contributed by atoms with E-state index < -0.39 is 5.97 Å². The van der Waals surface area contributed by atoms with Gasteiger partial charge in [0.2, 0.25) is 0 Å². The number of hydrogen-bond donors (Lipinski definition) is 1. The van der Waals surface area contributed by atoms with Crippen LogP contribution in [-0.4, -0.2) is 20.6 Å². The Labute approximate surface area is 90.1 Å². The fourth-order valence-corrected chi connectivity index (χ4v) is 2.27. The molecule has 1 aliphatic carbocycles. The van der Waals surface area contributed by atoms with Gasteiger partial charge in [0.05, 0.1) is 6.20 Å². The van der Waals surface area contributed by atoms with Crippen molar-refractivity contribution < 1.29 is 9.90 Å². The highest BCUT2D eigenvalue weighted by Crippen LogP contribution is 2.35. The molecule has 0 aromatic carbocycles. The van der Waals surface area contributed by atoms with E-state index in [1.54, 1.807) is 6.20 Å². The number of aromatic nitrogens is 2. The number of halogens is 1. The highest BCUT2D eigenvalue weighted by molar-refractivity contribution is 9.10. The largest absolute Gasteiger partial charge is 0.481 e. The fourth-order valence-electron chi connectivity index (χ4n) is 1.67. The molecule has 0 amide bonds. The Hall–Kier alpha value is -0.840. The zero-order valence-corrected chi connectivity index (χ0v) is 9.20. The standard InChI is InChI=1S/C9H11BrN2O2/c10-7-5-11-8(4-9(13)14)12(7)6-2-1-3-6/h5-6H,1-4H2,(H,13,14). The molecule has 5 heteroatoms. The molecule has 1 fully saturated rings. The molecule has 0 unspecified atom stereocenters. The summed E-state index contributed by atoms with van der Waals surface area (Å²) in [7, 11) is 0. The lowest BCUT2D eigenvalue weighted by Gasteiger charge is -2.29. The first-order valence-electron chi connectivity index (χ1n) is 4.62. The van der Waals surface area contributed by atoms with Crippen LogP contribution in [0, 0.1) is 0 Å². The molecule has 0 spiro atoms. The minimum atomic E-state index is -0.830. The first kappa shape index (κ1) is 9.71. The zero-order chi connectivity index (χ0) is 10.1. The monoisotopic (exact) mass is 258 g/mol. The number of rotatable bonds is 3. The molecule has 76 valence electrons. The number of carbonyl (C=O) groups is 1. The number of hydrogen-bond acceptors (Lipinski definition) is 2. The molecule has 4 nitrogen and oxygen atoms in total. The summed E-state index contributed by atoms with van der Waals surface area (Å²) >= 11 is 3.39. The molecule has 0 aliphatic heterocycles. The van der Waals surface area contributed by atoms with E-state index in [0.717, 1.165) is 17.4 Å². The third-order valence-corrected chi connectivity index (χ3v) is 3.16. The maximum absolute atomic E-state index is 10.6. The van der Waals surface area contributed by atoms with Gasteiger partial charge in [0.15, 0.2) is 0 Å². The first-order chi connectivity index (χ1) is 6.68. The van der Waals surface area contributed by atoms with Gasteiger partial charge in [-0.15, -0.1) is 0 Å². The molecule has 1 heterocycles. The van der Waals surface area contributed by atoms with Crippen molar-refractivity contribution in [1.82, 2.24) is 9.55 Å². The van der Waals surface area contributed by atoms with E-state index in [1.807, 2.05) is 4.57 Å². The van der Waals surface area contributed by atoms with Gasteiger partial charge in [0.25, 0.3) is 0 Å². The van der Waals surface area contributed by atoms with Gasteiger partial charge in [0, 0.05) is 6.04 Å². The Balaban J connectivity index is 2.25. The van der Waals surface area contributed by atoms with Crippen LogP contribution in [0.3, 0.4) is 0 Å². The number of aliphatic carboxylic acids is 1. The van der Waals surface area contributed by atoms with Gasteiger partial charge in [-0.3, -0.25) is 4.79 Å². The van der Waals surface area contributed by atoms with Crippen LogP contribution in [0.5, 0.6) is 0 Å². The summed E-state index contributed by atoms with van der Waals surface area (Å²) in [6.45, 7) is 0. The molecule has 1 aromatic heterocycles. The first-order valence-corrected chi connectivity index (χ1v) is 5.41. The molecule has 0 saturated heterocycles. The molecule has 1 aromatic rings. The van der Waals surface area contributed by atoms with Crippen LogP contribution in [0.2, 0.25) is 0 Å². The molecule has 0 bridgehead atoms. The maximum Gasteiger partial charge on any atom is 0.311 e. The summed E-state index contributed by atoms with van der Waals surface area (Å²) in [5, 5.41) is 8.70. The van der Waals surface area contributed by atoms with Gasteiger partial charge in [-0.1, -0.05) is 0 Å². The predicted molar refractivity (Wildman–Crippen MR) is 54.2 cm³/mol. The smallest absolute Gasteiger partial charge is 0.311 e. The van der Waals surface area contributed by atoms with Gasteiger partial charge in [-0.25, -0.2) is 4.98 Å². The van der Waals surface area contributed by atoms with Crippen LogP contribution in [0.25, 0.3) is 0 Å². The quantitative estimate of drug-likeness (QED) is 0.903. The number of imidazole rings is 1. The lowest BCUT2D eigenvalue weighted by molar-refractivity contribution is -0.136. The number of nitrogens with zero attached hydrogens (tertiary/aromatic N) is 2. The van der Waals surface area contributed by atoms with Crippen LogP contribution in [0.15, 0.2) is 10.8 Å². The van der Waals surface area contributed by atoms with Gasteiger partial charge in [-0.2, -0.15) is 0 Å². The minimum Gasteiger partial charge on any atom is -0.481 e. The molecule has 0 radical (unpaired) electrons. The second-order valence-corrected chi connectivity index (χ2v) is 4.33. The summed E-state index contributed by atoms with van der Waals surface area (Å²) in [5.74, 6) is -0.183. The molecule has 14 heavy (non-hydrogen) atoms. The highest BCUT2D eigenvalue weighted by Gasteiger charge is 2.24. The Kier molecular flexibility index (Phi) is 2.58. The van der Waals surface area contributed by atoms with Crippen LogP contribution in [0.4, 0.5) is 0 Å². The summed E-state index contributed by atoms with van der Waals surface area (Å²) in [5.41, 5.74) is 0. The summed E-state index contributed by atoms with van der Waals surface area (Å²) < 4.78 is 2.89. The normalized spacial score (nSPS) is 16.6. The van der Waals surface area contributed by atoms with Crippen LogP contribution in [0.1, 0.15) is 31.1 Å². The summed E-state index contributed by atoms with van der Waals surface area (Å²) in [6, 6.07) is 0.446.